The van der Waals surface area contributed by atoms with Crippen molar-refractivity contribution in [2.45, 2.75) is 40.3 Å². The van der Waals surface area contributed by atoms with Crippen LogP contribution in [0.2, 0.25) is 5.15 Å². The molecule has 0 saturated carbocycles. The molecule has 8 heteroatoms. The lowest BCUT2D eigenvalue weighted by Crippen LogP contribution is -2.35. The van der Waals surface area contributed by atoms with Crippen molar-refractivity contribution in [1.82, 2.24) is 24.8 Å². The summed E-state index contributed by atoms with van der Waals surface area (Å²) < 4.78 is 1.95. The minimum atomic E-state index is -0.214. The van der Waals surface area contributed by atoms with Crippen molar-refractivity contribution >= 4 is 23.4 Å². The van der Waals surface area contributed by atoms with Gasteiger partial charge < -0.3 is 14.8 Å². The zero-order chi connectivity index (χ0) is 19.6. The lowest BCUT2D eigenvalue weighted by molar-refractivity contribution is 0.0737. The number of halogens is 1. The van der Waals surface area contributed by atoms with Crippen LogP contribution in [0.15, 0.2) is 24.5 Å². The summed E-state index contributed by atoms with van der Waals surface area (Å²) >= 11 is 5.91. The summed E-state index contributed by atoms with van der Waals surface area (Å²) in [6.07, 6.45) is 2.45. The number of carbonyl (C=O) groups excluding carboxylic acids is 2. The van der Waals surface area contributed by atoms with Crippen LogP contribution in [0.3, 0.4) is 0 Å². The number of aromatic nitrogens is 3. The zero-order valence-electron chi connectivity index (χ0n) is 15.8. The Morgan fingerprint density at radius 1 is 1.26 bits per heavy atom. The standard InChI is InChI=1S/C19H24ClN5O2/c1-19(2,3)11-21-17(26)16-14-10-24(8-5-9-25(14)12-22-16)18(27)13-6-4-7-15(20)23-13/h4,6-7,12H,5,8-11H2,1-3H3,(H,21,26). The lowest BCUT2D eigenvalue weighted by Gasteiger charge is -2.21. The quantitative estimate of drug-likeness (QED) is 0.818. The number of pyridine rings is 1. The Bertz CT molecular complexity index is 856. The van der Waals surface area contributed by atoms with Gasteiger partial charge in [0.05, 0.1) is 18.6 Å². The van der Waals surface area contributed by atoms with E-state index in [1.165, 1.54) is 0 Å². The summed E-state index contributed by atoms with van der Waals surface area (Å²) in [5.41, 5.74) is 1.40. The lowest BCUT2D eigenvalue weighted by atomic mass is 9.97. The Morgan fingerprint density at radius 2 is 2.04 bits per heavy atom. The number of rotatable bonds is 3. The molecule has 7 nitrogen and oxygen atoms in total. The maximum absolute atomic E-state index is 12.8. The van der Waals surface area contributed by atoms with Gasteiger partial charge in [0.25, 0.3) is 11.8 Å². The van der Waals surface area contributed by atoms with Crippen molar-refractivity contribution in [3.63, 3.8) is 0 Å². The average Bonchev–Trinajstić information content (AvgIpc) is 2.88. The number of nitrogens with one attached hydrogen (secondary N) is 1. The number of aryl methyl sites for hydroxylation is 1. The predicted molar refractivity (Wildman–Crippen MR) is 103 cm³/mol. The first kappa shape index (κ1) is 19.4. The molecule has 2 aromatic rings. The average molecular weight is 390 g/mol. The molecule has 0 saturated heterocycles. The van der Waals surface area contributed by atoms with Gasteiger partial charge in [-0.3, -0.25) is 9.59 Å². The Kier molecular flexibility index (Phi) is 5.51. The predicted octanol–water partition coefficient (Wildman–Crippen LogP) is 2.75. The number of hydrogen-bond donors (Lipinski definition) is 1. The molecule has 0 radical (unpaired) electrons. The number of nitrogens with zero attached hydrogens (tertiary/aromatic N) is 4. The Morgan fingerprint density at radius 3 is 2.74 bits per heavy atom. The van der Waals surface area contributed by atoms with E-state index in [2.05, 4.69) is 36.1 Å². The van der Waals surface area contributed by atoms with Gasteiger partial charge in [0.2, 0.25) is 0 Å². The van der Waals surface area contributed by atoms with E-state index in [-0.39, 0.29) is 22.4 Å². The van der Waals surface area contributed by atoms with Crippen molar-refractivity contribution < 1.29 is 9.59 Å². The summed E-state index contributed by atoms with van der Waals surface area (Å²) in [5.74, 6) is -0.415. The summed E-state index contributed by atoms with van der Waals surface area (Å²) in [6.45, 7) is 8.32. The minimum Gasteiger partial charge on any atom is -0.350 e. The van der Waals surface area contributed by atoms with Crippen LogP contribution >= 0.6 is 11.6 Å². The highest BCUT2D eigenvalue weighted by atomic mass is 35.5. The Balaban J connectivity index is 1.81. The molecular formula is C19H24ClN5O2. The highest BCUT2D eigenvalue weighted by Gasteiger charge is 2.26. The largest absolute Gasteiger partial charge is 0.350 e. The molecule has 0 fully saturated rings. The number of amides is 2. The Labute approximate surface area is 163 Å². The highest BCUT2D eigenvalue weighted by Crippen LogP contribution is 2.19. The normalized spacial score (nSPS) is 14.4. The van der Waals surface area contributed by atoms with Crippen LogP contribution in [0, 0.1) is 5.41 Å². The summed E-state index contributed by atoms with van der Waals surface area (Å²) in [6, 6.07) is 4.98. The first-order valence-electron chi connectivity index (χ1n) is 8.99. The van der Waals surface area contributed by atoms with E-state index in [1.807, 2.05) is 4.57 Å². The third-order valence-corrected chi connectivity index (χ3v) is 4.54. The first-order valence-corrected chi connectivity index (χ1v) is 9.36. The van der Waals surface area contributed by atoms with E-state index in [9.17, 15) is 9.59 Å². The second-order valence-corrected chi connectivity index (χ2v) is 8.29. The van der Waals surface area contributed by atoms with Gasteiger partial charge in [-0.05, 0) is 24.0 Å². The van der Waals surface area contributed by atoms with Gasteiger partial charge in [-0.1, -0.05) is 38.4 Å². The van der Waals surface area contributed by atoms with Crippen molar-refractivity contribution in [3.8, 4) is 0 Å². The van der Waals surface area contributed by atoms with Crippen LogP contribution in [0.4, 0.5) is 0 Å². The van der Waals surface area contributed by atoms with Crippen molar-refractivity contribution in [3.05, 3.63) is 46.8 Å². The van der Waals surface area contributed by atoms with E-state index in [4.69, 9.17) is 11.6 Å². The molecule has 0 atom stereocenters. The van der Waals surface area contributed by atoms with E-state index < -0.39 is 0 Å². The fourth-order valence-electron chi connectivity index (χ4n) is 2.94. The Hall–Kier alpha value is -2.41. The second-order valence-electron chi connectivity index (χ2n) is 7.90. The number of fused-ring (bicyclic) bond motifs is 1. The molecular weight excluding hydrogens is 366 g/mol. The van der Waals surface area contributed by atoms with Gasteiger partial charge in [-0.2, -0.15) is 0 Å². The van der Waals surface area contributed by atoms with Crippen molar-refractivity contribution in [2.24, 2.45) is 5.41 Å². The fraction of sp³-hybridized carbons (Fsp3) is 0.474. The van der Waals surface area contributed by atoms with Crippen LogP contribution < -0.4 is 5.32 Å². The van der Waals surface area contributed by atoms with Crippen molar-refractivity contribution in [1.29, 1.82) is 0 Å². The molecule has 27 heavy (non-hydrogen) atoms. The maximum Gasteiger partial charge on any atom is 0.272 e. The monoisotopic (exact) mass is 389 g/mol. The van der Waals surface area contributed by atoms with Crippen molar-refractivity contribution in [2.75, 3.05) is 13.1 Å². The number of hydrogen-bond acceptors (Lipinski definition) is 4. The minimum absolute atomic E-state index is 0.0212. The molecule has 1 N–H and O–H groups in total. The van der Waals surface area contributed by atoms with Crippen LogP contribution in [0.25, 0.3) is 0 Å². The van der Waals surface area contributed by atoms with Gasteiger partial charge in [-0.15, -0.1) is 0 Å². The van der Waals surface area contributed by atoms with Gasteiger partial charge >= 0.3 is 0 Å². The maximum atomic E-state index is 12.8. The van der Waals surface area contributed by atoms with Gasteiger partial charge in [0.1, 0.15) is 10.8 Å². The van der Waals surface area contributed by atoms with Crippen LogP contribution in [0.1, 0.15) is 53.9 Å². The SMILES string of the molecule is CC(C)(C)CNC(=O)c1ncn2c1CN(C(=O)c1cccc(Cl)n1)CCC2. The van der Waals surface area contributed by atoms with Gasteiger partial charge in [0.15, 0.2) is 5.69 Å². The molecule has 2 aromatic heterocycles. The zero-order valence-corrected chi connectivity index (χ0v) is 16.6. The molecule has 144 valence electrons. The van der Waals surface area contributed by atoms with Crippen LogP contribution in [0.5, 0.6) is 0 Å². The molecule has 3 heterocycles. The molecule has 0 aliphatic carbocycles. The number of imidazole rings is 1. The molecule has 0 bridgehead atoms. The molecule has 2 amide bonds. The highest BCUT2D eigenvalue weighted by molar-refractivity contribution is 6.29. The van der Waals surface area contributed by atoms with E-state index in [1.54, 1.807) is 29.4 Å². The summed E-state index contributed by atoms with van der Waals surface area (Å²) in [5, 5.41) is 3.21. The molecule has 1 aliphatic rings. The van der Waals surface area contributed by atoms with Gasteiger partial charge in [0, 0.05) is 19.6 Å². The molecule has 0 aromatic carbocycles. The number of carbonyl (C=O) groups is 2. The van der Waals surface area contributed by atoms with E-state index in [0.29, 0.717) is 37.6 Å². The van der Waals surface area contributed by atoms with Gasteiger partial charge in [-0.25, -0.2) is 9.97 Å². The topological polar surface area (TPSA) is 80.1 Å². The summed E-state index contributed by atoms with van der Waals surface area (Å²) in [4.78, 5) is 35.6. The summed E-state index contributed by atoms with van der Waals surface area (Å²) in [7, 11) is 0. The molecule has 3 rings (SSSR count). The van der Waals surface area contributed by atoms with E-state index in [0.717, 1.165) is 12.1 Å². The molecule has 0 unspecified atom stereocenters. The molecule has 0 spiro atoms. The smallest absolute Gasteiger partial charge is 0.272 e. The second kappa shape index (κ2) is 7.68. The van der Waals surface area contributed by atoms with E-state index >= 15 is 0 Å². The van der Waals surface area contributed by atoms with Crippen LogP contribution in [-0.4, -0.2) is 44.3 Å². The third kappa shape index (κ3) is 4.66. The molecule has 1 aliphatic heterocycles. The fourth-order valence-corrected chi connectivity index (χ4v) is 3.10. The first-order chi connectivity index (χ1) is 12.7. The van der Waals surface area contributed by atoms with Crippen LogP contribution in [-0.2, 0) is 13.1 Å². The third-order valence-electron chi connectivity index (χ3n) is 4.33.